The lowest BCUT2D eigenvalue weighted by molar-refractivity contribution is 0.296. The van der Waals surface area contributed by atoms with E-state index in [-0.39, 0.29) is 0 Å². The van der Waals surface area contributed by atoms with Crippen LogP contribution < -0.4 is 5.32 Å². The average molecular weight is 277 g/mol. The van der Waals surface area contributed by atoms with Gasteiger partial charge in [0.2, 0.25) is 5.89 Å². The third kappa shape index (κ3) is 3.22. The number of nitrogens with one attached hydrogen (secondary N) is 1. The van der Waals surface area contributed by atoms with Crippen LogP contribution in [0.15, 0.2) is 4.52 Å². The van der Waals surface area contributed by atoms with E-state index in [4.69, 9.17) is 4.52 Å². The Morgan fingerprint density at radius 2 is 2.15 bits per heavy atom. The maximum absolute atomic E-state index is 5.50. The summed E-state index contributed by atoms with van der Waals surface area (Å²) in [7, 11) is 2.03. The van der Waals surface area contributed by atoms with E-state index in [2.05, 4.69) is 22.4 Å². The summed E-state index contributed by atoms with van der Waals surface area (Å²) in [5.74, 6) is 3.98. The molecule has 2 saturated carbocycles. The molecular weight excluding hydrogens is 250 g/mol. The Balaban J connectivity index is 1.60. The maximum Gasteiger partial charge on any atom is 0.228 e. The highest BCUT2D eigenvalue weighted by Crippen LogP contribution is 2.37. The van der Waals surface area contributed by atoms with Crippen LogP contribution in [0.4, 0.5) is 0 Å². The number of nitrogens with zero attached hydrogens (tertiary/aromatic N) is 2. The SMILES string of the molecule is CCC1CCCC(c2noc(CC(NC)C3CC3)n2)C1. The van der Waals surface area contributed by atoms with E-state index >= 15 is 0 Å². The van der Waals surface area contributed by atoms with Crippen molar-refractivity contribution in [3.05, 3.63) is 11.7 Å². The van der Waals surface area contributed by atoms with E-state index in [1.165, 1.54) is 44.9 Å². The van der Waals surface area contributed by atoms with Gasteiger partial charge in [0, 0.05) is 18.4 Å². The molecule has 0 saturated heterocycles. The Bertz CT molecular complexity index is 427. The zero-order valence-corrected chi connectivity index (χ0v) is 12.8. The van der Waals surface area contributed by atoms with Crippen LogP contribution in [0.1, 0.15) is 69.5 Å². The van der Waals surface area contributed by atoms with Crippen LogP contribution in [0.25, 0.3) is 0 Å². The first-order chi connectivity index (χ1) is 9.80. The molecule has 4 nitrogen and oxygen atoms in total. The van der Waals surface area contributed by atoms with Gasteiger partial charge in [-0.3, -0.25) is 0 Å². The van der Waals surface area contributed by atoms with Crippen molar-refractivity contribution in [1.29, 1.82) is 0 Å². The summed E-state index contributed by atoms with van der Waals surface area (Å²) in [5, 5.41) is 7.65. The van der Waals surface area contributed by atoms with Crippen molar-refractivity contribution in [2.24, 2.45) is 11.8 Å². The molecule has 1 aromatic heterocycles. The summed E-state index contributed by atoms with van der Waals surface area (Å²) in [4.78, 5) is 4.68. The lowest BCUT2D eigenvalue weighted by Gasteiger charge is -2.26. The molecule has 4 heteroatoms. The van der Waals surface area contributed by atoms with Gasteiger partial charge in [0.15, 0.2) is 5.82 Å². The molecule has 2 aliphatic rings. The zero-order valence-electron chi connectivity index (χ0n) is 12.8. The van der Waals surface area contributed by atoms with E-state index < -0.39 is 0 Å². The Morgan fingerprint density at radius 3 is 2.85 bits per heavy atom. The monoisotopic (exact) mass is 277 g/mol. The summed E-state index contributed by atoms with van der Waals surface area (Å²) in [5.41, 5.74) is 0. The third-order valence-corrected chi connectivity index (χ3v) is 5.17. The van der Waals surface area contributed by atoms with Crippen LogP contribution in [0.3, 0.4) is 0 Å². The van der Waals surface area contributed by atoms with Crippen molar-refractivity contribution >= 4 is 0 Å². The van der Waals surface area contributed by atoms with E-state index in [0.717, 1.165) is 30.0 Å². The molecule has 3 atom stereocenters. The standard InChI is InChI=1S/C16H27N3O/c1-3-11-5-4-6-13(9-11)16-18-15(20-19-16)10-14(17-2)12-7-8-12/h11-14,17H,3-10H2,1-2H3. The van der Waals surface area contributed by atoms with Crippen LogP contribution in [0, 0.1) is 11.8 Å². The van der Waals surface area contributed by atoms with E-state index in [1.807, 2.05) is 7.05 Å². The number of likely N-dealkylation sites (N-methyl/N-ethyl adjacent to an activating group) is 1. The Kier molecular flexibility index (Phi) is 4.39. The van der Waals surface area contributed by atoms with Gasteiger partial charge in [-0.1, -0.05) is 31.3 Å². The molecule has 3 unspecified atom stereocenters. The second kappa shape index (κ2) is 6.25. The normalized spacial score (nSPS) is 28.5. The molecule has 1 N–H and O–H groups in total. The van der Waals surface area contributed by atoms with Crippen LogP contribution in [-0.2, 0) is 6.42 Å². The Morgan fingerprint density at radius 1 is 1.30 bits per heavy atom. The number of hydrogen-bond donors (Lipinski definition) is 1. The van der Waals surface area contributed by atoms with Gasteiger partial charge in [-0.25, -0.2) is 0 Å². The predicted octanol–water partition coefficient (Wildman–Crippen LogP) is 3.29. The van der Waals surface area contributed by atoms with Crippen molar-refractivity contribution in [3.8, 4) is 0 Å². The molecule has 0 aromatic carbocycles. The molecule has 0 spiro atoms. The highest BCUT2D eigenvalue weighted by atomic mass is 16.5. The molecular formula is C16H27N3O. The first-order valence-electron chi connectivity index (χ1n) is 8.29. The Hall–Kier alpha value is -0.900. The van der Waals surface area contributed by atoms with Crippen LogP contribution in [0.2, 0.25) is 0 Å². The number of aromatic nitrogens is 2. The molecule has 1 heterocycles. The van der Waals surface area contributed by atoms with Crippen molar-refractivity contribution in [2.75, 3.05) is 7.05 Å². The number of hydrogen-bond acceptors (Lipinski definition) is 4. The van der Waals surface area contributed by atoms with Crippen molar-refractivity contribution < 1.29 is 4.52 Å². The minimum atomic E-state index is 0.512. The fourth-order valence-electron chi connectivity index (χ4n) is 3.60. The van der Waals surface area contributed by atoms with Gasteiger partial charge in [-0.15, -0.1) is 0 Å². The van der Waals surface area contributed by atoms with Crippen LogP contribution in [-0.4, -0.2) is 23.2 Å². The highest BCUT2D eigenvalue weighted by Gasteiger charge is 2.32. The molecule has 2 aliphatic carbocycles. The third-order valence-electron chi connectivity index (χ3n) is 5.17. The molecule has 0 radical (unpaired) electrons. The lowest BCUT2D eigenvalue weighted by atomic mass is 9.80. The molecule has 3 rings (SSSR count). The van der Waals surface area contributed by atoms with Crippen molar-refractivity contribution in [3.63, 3.8) is 0 Å². The van der Waals surface area contributed by atoms with Gasteiger partial charge in [-0.2, -0.15) is 4.98 Å². The van der Waals surface area contributed by atoms with Gasteiger partial charge in [0.05, 0.1) is 0 Å². The van der Waals surface area contributed by atoms with Gasteiger partial charge >= 0.3 is 0 Å². The summed E-state index contributed by atoms with van der Waals surface area (Å²) < 4.78 is 5.50. The maximum atomic E-state index is 5.50. The van der Waals surface area contributed by atoms with E-state index in [1.54, 1.807) is 0 Å². The Labute approximate surface area is 121 Å². The van der Waals surface area contributed by atoms with Crippen molar-refractivity contribution in [1.82, 2.24) is 15.5 Å². The minimum absolute atomic E-state index is 0.512. The molecule has 0 bridgehead atoms. The fourth-order valence-corrected chi connectivity index (χ4v) is 3.60. The average Bonchev–Trinajstić information content (AvgIpc) is 3.23. The topological polar surface area (TPSA) is 51.0 Å². The first kappa shape index (κ1) is 14.1. The van der Waals surface area contributed by atoms with Gasteiger partial charge in [0.25, 0.3) is 0 Å². The fraction of sp³-hybridized carbons (Fsp3) is 0.875. The van der Waals surface area contributed by atoms with Gasteiger partial charge in [-0.05, 0) is 44.6 Å². The smallest absolute Gasteiger partial charge is 0.228 e. The second-order valence-electron chi connectivity index (χ2n) is 6.62. The summed E-state index contributed by atoms with van der Waals surface area (Å²) in [6.07, 6.45) is 10.0. The molecule has 20 heavy (non-hydrogen) atoms. The molecule has 0 aliphatic heterocycles. The minimum Gasteiger partial charge on any atom is -0.339 e. The quantitative estimate of drug-likeness (QED) is 0.867. The predicted molar refractivity (Wildman–Crippen MR) is 78.6 cm³/mol. The molecule has 1 aromatic rings. The van der Waals surface area contributed by atoms with Crippen LogP contribution >= 0.6 is 0 Å². The van der Waals surface area contributed by atoms with Gasteiger partial charge in [0.1, 0.15) is 0 Å². The summed E-state index contributed by atoms with van der Waals surface area (Å²) in [6.45, 7) is 2.29. The van der Waals surface area contributed by atoms with Gasteiger partial charge < -0.3 is 9.84 Å². The lowest BCUT2D eigenvalue weighted by Crippen LogP contribution is -2.29. The van der Waals surface area contributed by atoms with Crippen molar-refractivity contribution in [2.45, 2.75) is 70.3 Å². The molecule has 0 amide bonds. The van der Waals surface area contributed by atoms with E-state index in [9.17, 15) is 0 Å². The summed E-state index contributed by atoms with van der Waals surface area (Å²) in [6, 6.07) is 0.512. The molecule has 112 valence electrons. The second-order valence-corrected chi connectivity index (χ2v) is 6.62. The first-order valence-corrected chi connectivity index (χ1v) is 8.29. The van der Waals surface area contributed by atoms with Crippen LogP contribution in [0.5, 0.6) is 0 Å². The highest BCUT2D eigenvalue weighted by molar-refractivity contribution is 5.00. The largest absolute Gasteiger partial charge is 0.339 e. The zero-order chi connectivity index (χ0) is 13.9. The summed E-state index contributed by atoms with van der Waals surface area (Å²) >= 11 is 0. The van der Waals surface area contributed by atoms with E-state index in [0.29, 0.717) is 12.0 Å². The number of rotatable bonds is 6. The molecule has 2 fully saturated rings.